The molecule has 1 atom stereocenters. The number of amides is 1. The molecule has 0 saturated carbocycles. The molecule has 1 unspecified atom stereocenters. The summed E-state index contributed by atoms with van der Waals surface area (Å²) in [5, 5.41) is 9.58. The number of nitrogens with zero attached hydrogens (tertiary/aromatic N) is 1. The number of hydrogen-bond donors (Lipinski definition) is 3. The second kappa shape index (κ2) is 12.4. The summed E-state index contributed by atoms with van der Waals surface area (Å²) in [6.45, 7) is 5.40. The number of halogens is 2. The van der Waals surface area contributed by atoms with Crippen LogP contribution in [0, 0.1) is 5.92 Å². The zero-order chi connectivity index (χ0) is 18.2. The molecule has 1 saturated heterocycles. The molecular weight excluding hydrogens is 399 g/mol. The maximum atomic E-state index is 12.5. The Labute approximate surface area is 178 Å². The second-order valence-corrected chi connectivity index (χ2v) is 6.39. The lowest BCUT2D eigenvalue weighted by Crippen LogP contribution is -2.27. The van der Waals surface area contributed by atoms with Crippen LogP contribution in [0.15, 0.2) is 42.6 Å². The van der Waals surface area contributed by atoms with Crippen molar-refractivity contribution in [2.45, 2.75) is 19.8 Å². The zero-order valence-electron chi connectivity index (χ0n) is 15.9. The fourth-order valence-corrected chi connectivity index (χ4v) is 3.07. The number of carbonyl (C=O) groups is 1. The summed E-state index contributed by atoms with van der Waals surface area (Å²) in [7, 11) is 0. The smallest absolute Gasteiger partial charge is 0.255 e. The molecule has 8 heteroatoms. The van der Waals surface area contributed by atoms with Crippen LogP contribution in [0.5, 0.6) is 5.75 Å². The van der Waals surface area contributed by atoms with Crippen molar-refractivity contribution in [1.29, 1.82) is 0 Å². The van der Waals surface area contributed by atoms with Gasteiger partial charge in [-0.3, -0.25) is 4.79 Å². The molecule has 0 aliphatic carbocycles. The normalized spacial score (nSPS) is 15.1. The van der Waals surface area contributed by atoms with E-state index < -0.39 is 0 Å². The minimum atomic E-state index is -0.0995. The molecule has 1 aromatic heterocycles. The van der Waals surface area contributed by atoms with E-state index in [1.165, 1.54) is 6.42 Å². The molecule has 154 valence electrons. The van der Waals surface area contributed by atoms with Gasteiger partial charge in [0.2, 0.25) is 0 Å². The van der Waals surface area contributed by atoms with E-state index >= 15 is 0 Å². The molecule has 6 nitrogen and oxygen atoms in total. The summed E-state index contributed by atoms with van der Waals surface area (Å²) in [5.41, 5.74) is 1.41. The predicted octanol–water partition coefficient (Wildman–Crippen LogP) is 3.80. The average molecular weight is 427 g/mol. The fraction of sp³-hybridized carbons (Fsp3) is 0.400. The predicted molar refractivity (Wildman–Crippen MR) is 118 cm³/mol. The average Bonchev–Trinajstić information content (AvgIpc) is 3.17. The Hall–Kier alpha value is -2.02. The largest absolute Gasteiger partial charge is 0.494 e. The van der Waals surface area contributed by atoms with Gasteiger partial charge in [0.05, 0.1) is 12.2 Å². The first-order chi connectivity index (χ1) is 12.8. The van der Waals surface area contributed by atoms with Crippen LogP contribution in [0.3, 0.4) is 0 Å². The van der Waals surface area contributed by atoms with Gasteiger partial charge in [0.25, 0.3) is 5.91 Å². The van der Waals surface area contributed by atoms with Crippen molar-refractivity contribution in [3.05, 3.63) is 48.2 Å². The van der Waals surface area contributed by atoms with Gasteiger partial charge in [-0.1, -0.05) is 0 Å². The summed E-state index contributed by atoms with van der Waals surface area (Å²) >= 11 is 0. The van der Waals surface area contributed by atoms with Crippen LogP contribution in [-0.4, -0.2) is 37.1 Å². The van der Waals surface area contributed by atoms with Crippen LogP contribution in [0.4, 0.5) is 11.5 Å². The van der Waals surface area contributed by atoms with Gasteiger partial charge in [-0.25, -0.2) is 4.98 Å². The monoisotopic (exact) mass is 426 g/mol. The van der Waals surface area contributed by atoms with Crippen LogP contribution in [0.25, 0.3) is 0 Å². The molecular formula is C20H28Cl2N4O2. The Kier molecular flexibility index (Phi) is 10.7. The molecule has 2 heterocycles. The fourth-order valence-electron chi connectivity index (χ4n) is 3.07. The van der Waals surface area contributed by atoms with E-state index in [0.29, 0.717) is 30.5 Å². The number of rotatable bonds is 8. The van der Waals surface area contributed by atoms with Gasteiger partial charge in [0, 0.05) is 18.4 Å². The number of hydrogen-bond acceptors (Lipinski definition) is 5. The third-order valence-corrected chi connectivity index (χ3v) is 4.48. The highest BCUT2D eigenvalue weighted by Crippen LogP contribution is 2.21. The second-order valence-electron chi connectivity index (χ2n) is 6.39. The van der Waals surface area contributed by atoms with E-state index in [1.807, 2.05) is 31.2 Å². The van der Waals surface area contributed by atoms with E-state index in [4.69, 9.17) is 4.74 Å². The van der Waals surface area contributed by atoms with Crippen LogP contribution in [-0.2, 0) is 0 Å². The minimum absolute atomic E-state index is 0. The third kappa shape index (κ3) is 6.86. The lowest BCUT2D eigenvalue weighted by Gasteiger charge is -2.13. The number of ether oxygens (including phenoxy) is 1. The van der Waals surface area contributed by atoms with E-state index in [1.54, 1.807) is 18.3 Å². The summed E-state index contributed by atoms with van der Waals surface area (Å²) in [4.78, 5) is 16.9. The van der Waals surface area contributed by atoms with E-state index in [9.17, 15) is 4.79 Å². The molecule has 3 N–H and O–H groups in total. The third-order valence-electron chi connectivity index (χ3n) is 4.48. The number of aromatic nitrogens is 1. The molecule has 1 aliphatic heterocycles. The highest BCUT2D eigenvalue weighted by molar-refractivity contribution is 5.99. The molecule has 1 aliphatic rings. The van der Waals surface area contributed by atoms with Crippen LogP contribution >= 0.6 is 24.8 Å². The van der Waals surface area contributed by atoms with Gasteiger partial charge in [0.1, 0.15) is 11.6 Å². The number of pyridine rings is 1. The lowest BCUT2D eigenvalue weighted by molar-refractivity contribution is 0.0952. The number of benzene rings is 1. The minimum Gasteiger partial charge on any atom is -0.494 e. The quantitative estimate of drug-likeness (QED) is 0.598. The first-order valence-electron chi connectivity index (χ1n) is 9.20. The van der Waals surface area contributed by atoms with Crippen molar-refractivity contribution >= 4 is 42.2 Å². The number of anilines is 2. The van der Waals surface area contributed by atoms with Crippen LogP contribution in [0.2, 0.25) is 0 Å². The topological polar surface area (TPSA) is 75.3 Å². The lowest BCUT2D eigenvalue weighted by atomic mass is 10.1. The van der Waals surface area contributed by atoms with Crippen molar-refractivity contribution in [2.24, 2.45) is 5.92 Å². The van der Waals surface area contributed by atoms with Crippen molar-refractivity contribution in [2.75, 3.05) is 31.6 Å². The number of nitrogens with one attached hydrogen (secondary N) is 3. The Bertz CT molecular complexity index is 722. The van der Waals surface area contributed by atoms with Gasteiger partial charge in [-0.15, -0.1) is 24.8 Å². The molecule has 1 amide bonds. The highest BCUT2D eigenvalue weighted by atomic mass is 35.5. The highest BCUT2D eigenvalue weighted by Gasteiger charge is 2.16. The Morgan fingerprint density at radius 3 is 2.71 bits per heavy atom. The van der Waals surface area contributed by atoms with Crippen LogP contribution in [0.1, 0.15) is 30.1 Å². The summed E-state index contributed by atoms with van der Waals surface area (Å²) in [5.74, 6) is 1.93. The van der Waals surface area contributed by atoms with E-state index in [2.05, 4.69) is 20.9 Å². The van der Waals surface area contributed by atoms with Gasteiger partial charge in [-0.2, -0.15) is 0 Å². The zero-order valence-corrected chi connectivity index (χ0v) is 17.6. The summed E-state index contributed by atoms with van der Waals surface area (Å²) < 4.78 is 5.45. The molecule has 1 fully saturated rings. The molecule has 0 bridgehead atoms. The number of carbonyl (C=O) groups excluding carboxylic acids is 1. The van der Waals surface area contributed by atoms with Gasteiger partial charge in [-0.05, 0) is 75.2 Å². The van der Waals surface area contributed by atoms with Gasteiger partial charge < -0.3 is 20.7 Å². The molecule has 2 aromatic rings. The Morgan fingerprint density at radius 2 is 2.04 bits per heavy atom. The standard InChI is InChI=1S/C20H26N4O2.2ClH/c1-2-26-17-7-5-16(6-8-17)24-19-18(4-3-11-22-19)20(25)23-13-10-15-9-12-21-14-15;;/h3-8,11,15,21H,2,9-10,12-14H2,1H3,(H,22,24)(H,23,25);2*1H. The Morgan fingerprint density at radius 1 is 1.25 bits per heavy atom. The molecule has 1 aromatic carbocycles. The summed E-state index contributed by atoms with van der Waals surface area (Å²) in [6, 6.07) is 11.2. The first kappa shape index (κ1) is 24.0. The van der Waals surface area contributed by atoms with Gasteiger partial charge >= 0.3 is 0 Å². The maximum absolute atomic E-state index is 12.5. The maximum Gasteiger partial charge on any atom is 0.255 e. The van der Waals surface area contributed by atoms with Crippen molar-refractivity contribution < 1.29 is 9.53 Å². The van der Waals surface area contributed by atoms with Crippen molar-refractivity contribution in [3.8, 4) is 5.75 Å². The summed E-state index contributed by atoms with van der Waals surface area (Å²) in [6.07, 6.45) is 3.87. The molecule has 0 radical (unpaired) electrons. The SMILES string of the molecule is CCOc1ccc(Nc2ncccc2C(=O)NCCC2CCNC2)cc1.Cl.Cl. The van der Waals surface area contributed by atoms with Crippen LogP contribution < -0.4 is 20.7 Å². The van der Waals surface area contributed by atoms with Gasteiger partial charge in [0.15, 0.2) is 0 Å². The van der Waals surface area contributed by atoms with E-state index in [-0.39, 0.29) is 30.7 Å². The molecule has 3 rings (SSSR count). The molecule has 28 heavy (non-hydrogen) atoms. The van der Waals surface area contributed by atoms with Crippen molar-refractivity contribution in [1.82, 2.24) is 15.6 Å². The van der Waals surface area contributed by atoms with Crippen molar-refractivity contribution in [3.63, 3.8) is 0 Å². The van der Waals surface area contributed by atoms with E-state index in [0.717, 1.165) is 30.9 Å². The Balaban J connectivity index is 0.00000196. The molecule has 0 spiro atoms. The first-order valence-corrected chi connectivity index (χ1v) is 9.20.